The second-order valence-electron chi connectivity index (χ2n) is 7.87. The van der Waals surface area contributed by atoms with Gasteiger partial charge in [-0.1, -0.05) is 30.3 Å². The molecule has 0 spiro atoms. The molecule has 10 nitrogen and oxygen atoms in total. The molecule has 0 aliphatic rings. The van der Waals surface area contributed by atoms with Crippen LogP contribution in [0.5, 0.6) is 17.2 Å². The molecule has 0 atom stereocenters. The standard InChI is InChI=1S/C26H22N2O8S2/c1-19-6-5-9-25(18-19)37(30,31)34-23-14-10-20(11-15-23)27-26(29)28-21-12-16-24(17-13-21)36-38(32,33)35-22-7-3-2-4-8-22/h2-18H,1H3,(H2,27,28,29). The first-order valence-electron chi connectivity index (χ1n) is 11.1. The highest BCUT2D eigenvalue weighted by atomic mass is 32.3. The van der Waals surface area contributed by atoms with Crippen molar-refractivity contribution in [2.75, 3.05) is 10.6 Å². The molecule has 2 amide bonds. The summed E-state index contributed by atoms with van der Waals surface area (Å²) in [5.74, 6) is 0.178. The van der Waals surface area contributed by atoms with E-state index >= 15 is 0 Å². The molecular formula is C26H22N2O8S2. The van der Waals surface area contributed by atoms with Crippen molar-refractivity contribution < 1.29 is 34.2 Å². The van der Waals surface area contributed by atoms with Crippen molar-refractivity contribution in [2.24, 2.45) is 0 Å². The van der Waals surface area contributed by atoms with Gasteiger partial charge in [-0.25, -0.2) is 4.79 Å². The normalized spacial score (nSPS) is 11.3. The first-order chi connectivity index (χ1) is 18.1. The molecule has 0 radical (unpaired) electrons. The summed E-state index contributed by atoms with van der Waals surface area (Å²) in [6.07, 6.45) is 0. The van der Waals surface area contributed by atoms with E-state index in [0.717, 1.165) is 5.56 Å². The fourth-order valence-electron chi connectivity index (χ4n) is 3.16. The summed E-state index contributed by atoms with van der Waals surface area (Å²) >= 11 is 0. The van der Waals surface area contributed by atoms with Gasteiger partial charge in [0, 0.05) is 11.4 Å². The van der Waals surface area contributed by atoms with Crippen molar-refractivity contribution in [3.63, 3.8) is 0 Å². The van der Waals surface area contributed by atoms with Gasteiger partial charge >= 0.3 is 26.5 Å². The van der Waals surface area contributed by atoms with E-state index in [-0.39, 0.29) is 22.1 Å². The highest BCUT2D eigenvalue weighted by Crippen LogP contribution is 2.23. The van der Waals surface area contributed by atoms with Gasteiger partial charge < -0.3 is 23.2 Å². The molecule has 0 aromatic heterocycles. The summed E-state index contributed by atoms with van der Waals surface area (Å²) in [7, 11) is -8.34. The Bertz CT molecular complexity index is 1620. The Morgan fingerprint density at radius 2 is 1.11 bits per heavy atom. The zero-order chi connectivity index (χ0) is 27.2. The van der Waals surface area contributed by atoms with Crippen LogP contribution in [-0.2, 0) is 20.5 Å². The van der Waals surface area contributed by atoms with Crippen LogP contribution in [0.25, 0.3) is 0 Å². The largest absolute Gasteiger partial charge is 0.500 e. The Morgan fingerprint density at radius 3 is 1.63 bits per heavy atom. The summed E-state index contributed by atoms with van der Waals surface area (Å²) in [5.41, 5.74) is 1.52. The number of amides is 2. The highest BCUT2D eigenvalue weighted by Gasteiger charge is 2.17. The number of rotatable bonds is 9. The topological polar surface area (TPSA) is 137 Å². The average Bonchev–Trinajstić information content (AvgIpc) is 2.86. The van der Waals surface area contributed by atoms with Gasteiger partial charge in [-0.3, -0.25) is 0 Å². The molecule has 196 valence electrons. The van der Waals surface area contributed by atoms with Crippen molar-refractivity contribution >= 4 is 37.9 Å². The number of nitrogens with one attached hydrogen (secondary N) is 2. The predicted octanol–water partition coefficient (Wildman–Crippen LogP) is 5.11. The highest BCUT2D eigenvalue weighted by molar-refractivity contribution is 7.87. The molecule has 4 aromatic rings. The molecule has 12 heteroatoms. The third-order valence-electron chi connectivity index (χ3n) is 4.85. The number of carbonyl (C=O) groups is 1. The summed E-state index contributed by atoms with van der Waals surface area (Å²) in [4.78, 5) is 12.4. The first-order valence-corrected chi connectivity index (χ1v) is 13.8. The lowest BCUT2D eigenvalue weighted by atomic mass is 10.2. The summed E-state index contributed by atoms with van der Waals surface area (Å²) < 4.78 is 63.9. The molecule has 4 aromatic carbocycles. The van der Waals surface area contributed by atoms with Crippen LogP contribution in [0.2, 0.25) is 0 Å². The maximum Gasteiger partial charge on any atom is 0.500 e. The van der Waals surface area contributed by atoms with Gasteiger partial charge in [-0.05, 0) is 85.3 Å². The van der Waals surface area contributed by atoms with Crippen LogP contribution in [0.3, 0.4) is 0 Å². The number of hydrogen-bond acceptors (Lipinski definition) is 8. The van der Waals surface area contributed by atoms with Crippen LogP contribution >= 0.6 is 0 Å². The summed E-state index contributed by atoms with van der Waals surface area (Å²) in [6.45, 7) is 1.78. The molecule has 0 saturated heterocycles. The van der Waals surface area contributed by atoms with E-state index in [4.69, 9.17) is 12.5 Å². The third kappa shape index (κ3) is 7.48. The number of aryl methyl sites for hydroxylation is 1. The van der Waals surface area contributed by atoms with Gasteiger partial charge in [-0.2, -0.15) is 8.42 Å². The fourth-order valence-corrected chi connectivity index (χ4v) is 4.92. The number of benzene rings is 4. The van der Waals surface area contributed by atoms with Crippen molar-refractivity contribution in [1.82, 2.24) is 0 Å². The number of urea groups is 1. The lowest BCUT2D eigenvalue weighted by molar-refractivity contribution is 0.262. The predicted molar refractivity (Wildman–Crippen MR) is 141 cm³/mol. The average molecular weight is 555 g/mol. The van der Waals surface area contributed by atoms with E-state index in [1.54, 1.807) is 37.3 Å². The Kier molecular flexibility index (Phi) is 7.84. The van der Waals surface area contributed by atoms with Crippen molar-refractivity contribution in [3.05, 3.63) is 109 Å². The first kappa shape index (κ1) is 26.5. The lowest BCUT2D eigenvalue weighted by Crippen LogP contribution is -2.19. The maximum atomic E-state index is 12.5. The molecule has 0 aliphatic heterocycles. The van der Waals surface area contributed by atoms with Crippen LogP contribution in [-0.4, -0.2) is 22.9 Å². The van der Waals surface area contributed by atoms with E-state index in [1.165, 1.54) is 72.8 Å². The van der Waals surface area contributed by atoms with E-state index in [9.17, 15) is 21.6 Å². The number of carbonyl (C=O) groups excluding carboxylic acids is 1. The molecule has 0 bridgehead atoms. The van der Waals surface area contributed by atoms with Crippen LogP contribution in [0.15, 0.2) is 108 Å². The Morgan fingerprint density at radius 1 is 0.605 bits per heavy atom. The minimum absolute atomic E-state index is 0.0110. The molecule has 0 aliphatic carbocycles. The maximum absolute atomic E-state index is 12.5. The Labute approximate surface area is 220 Å². The van der Waals surface area contributed by atoms with E-state index in [2.05, 4.69) is 10.6 Å². The van der Waals surface area contributed by atoms with E-state index < -0.39 is 26.5 Å². The van der Waals surface area contributed by atoms with Crippen molar-refractivity contribution in [1.29, 1.82) is 0 Å². The van der Waals surface area contributed by atoms with Gasteiger partial charge in [0.1, 0.15) is 22.1 Å². The quantitative estimate of drug-likeness (QED) is 0.272. The minimum atomic E-state index is -4.34. The van der Waals surface area contributed by atoms with Gasteiger partial charge in [-0.15, -0.1) is 8.42 Å². The van der Waals surface area contributed by atoms with Crippen LogP contribution in [0, 0.1) is 6.92 Å². The van der Waals surface area contributed by atoms with Gasteiger partial charge in [0.25, 0.3) is 0 Å². The Balaban J connectivity index is 1.30. The zero-order valence-corrected chi connectivity index (χ0v) is 21.5. The molecule has 0 saturated carbocycles. The summed E-state index contributed by atoms with van der Waals surface area (Å²) in [5, 5.41) is 5.18. The molecule has 38 heavy (non-hydrogen) atoms. The van der Waals surface area contributed by atoms with Gasteiger partial charge in [0.2, 0.25) is 0 Å². The lowest BCUT2D eigenvalue weighted by Gasteiger charge is -2.11. The third-order valence-corrected chi connectivity index (χ3v) is 6.88. The number of anilines is 2. The molecule has 0 fully saturated rings. The molecule has 0 unspecified atom stereocenters. The molecule has 2 N–H and O–H groups in total. The Hall–Kier alpha value is -4.55. The van der Waals surface area contributed by atoms with Crippen LogP contribution in [0.4, 0.5) is 16.2 Å². The number of para-hydroxylation sites is 1. The van der Waals surface area contributed by atoms with Gasteiger partial charge in [0.15, 0.2) is 0 Å². The second kappa shape index (κ2) is 11.2. The molecular weight excluding hydrogens is 532 g/mol. The number of hydrogen-bond donors (Lipinski definition) is 2. The van der Waals surface area contributed by atoms with Gasteiger partial charge in [0.05, 0.1) is 0 Å². The van der Waals surface area contributed by atoms with Crippen LogP contribution in [0.1, 0.15) is 5.56 Å². The minimum Gasteiger partial charge on any atom is -0.379 e. The molecule has 0 heterocycles. The smallest absolute Gasteiger partial charge is 0.379 e. The van der Waals surface area contributed by atoms with Crippen molar-refractivity contribution in [2.45, 2.75) is 11.8 Å². The van der Waals surface area contributed by atoms with E-state index in [0.29, 0.717) is 11.4 Å². The van der Waals surface area contributed by atoms with E-state index in [1.807, 2.05) is 0 Å². The fraction of sp³-hybridized carbons (Fsp3) is 0.0385. The summed E-state index contributed by atoms with van der Waals surface area (Å²) in [6, 6.07) is 25.0. The SMILES string of the molecule is Cc1cccc(S(=O)(=O)Oc2ccc(NC(=O)Nc3ccc(OS(=O)(=O)Oc4ccccc4)cc3)cc2)c1. The van der Waals surface area contributed by atoms with Crippen LogP contribution < -0.4 is 23.2 Å². The zero-order valence-electron chi connectivity index (χ0n) is 19.9. The monoisotopic (exact) mass is 554 g/mol. The van der Waals surface area contributed by atoms with Crippen molar-refractivity contribution in [3.8, 4) is 17.2 Å². The second-order valence-corrected chi connectivity index (χ2v) is 10.6. The molecule has 4 rings (SSSR count).